The summed E-state index contributed by atoms with van der Waals surface area (Å²) in [5.41, 5.74) is -4.37. The van der Waals surface area contributed by atoms with E-state index in [2.05, 4.69) is 20.3 Å². The van der Waals surface area contributed by atoms with Crippen LogP contribution in [0.5, 0.6) is 5.75 Å². The van der Waals surface area contributed by atoms with Crippen LogP contribution >= 0.6 is 0 Å². The van der Waals surface area contributed by atoms with Crippen molar-refractivity contribution in [1.29, 1.82) is 0 Å². The summed E-state index contributed by atoms with van der Waals surface area (Å²) in [7, 11) is 2.44. The maximum Gasteiger partial charge on any atom is 0.435 e. The van der Waals surface area contributed by atoms with Gasteiger partial charge in [-0.1, -0.05) is 6.07 Å². The second-order valence-electron chi connectivity index (χ2n) is 7.63. The molecule has 4 rings (SSSR count). The zero-order valence-electron chi connectivity index (χ0n) is 18.1. The van der Waals surface area contributed by atoms with Gasteiger partial charge >= 0.3 is 18.5 Å². The standard InChI is InChI=1S/C21H14F9N5O/c1-35-17(11-5-4-10(19(22,23)24)7-12(11)36-2)32-14-15(21(28,29)30)33-16(34-18(14)35)9-3-6-13(31-8-9)20(25,26)27/h3-8,17,32H,1-2H3. The average molecular weight is 523 g/mol. The van der Waals surface area contributed by atoms with E-state index >= 15 is 0 Å². The fourth-order valence-corrected chi connectivity index (χ4v) is 3.62. The average Bonchev–Trinajstić information content (AvgIpc) is 3.12. The third-order valence-corrected chi connectivity index (χ3v) is 5.33. The lowest BCUT2D eigenvalue weighted by molar-refractivity contribution is -0.141. The molecule has 1 N–H and O–H groups in total. The van der Waals surface area contributed by atoms with Crippen molar-refractivity contribution < 1.29 is 44.3 Å². The monoisotopic (exact) mass is 523 g/mol. The van der Waals surface area contributed by atoms with Gasteiger partial charge in [0.1, 0.15) is 23.3 Å². The Morgan fingerprint density at radius 1 is 0.889 bits per heavy atom. The molecule has 3 heterocycles. The molecule has 0 radical (unpaired) electrons. The minimum absolute atomic E-state index is 0.0804. The van der Waals surface area contributed by atoms with Crippen LogP contribution in [-0.2, 0) is 18.5 Å². The second-order valence-corrected chi connectivity index (χ2v) is 7.63. The molecule has 3 aromatic rings. The first-order valence-corrected chi connectivity index (χ1v) is 9.88. The lowest BCUT2D eigenvalue weighted by Gasteiger charge is -2.24. The van der Waals surface area contributed by atoms with Crippen LogP contribution in [0.25, 0.3) is 11.4 Å². The predicted molar refractivity (Wildman–Crippen MR) is 108 cm³/mol. The highest BCUT2D eigenvalue weighted by molar-refractivity contribution is 5.78. The first-order chi connectivity index (χ1) is 16.6. The number of hydrogen-bond donors (Lipinski definition) is 1. The first-order valence-electron chi connectivity index (χ1n) is 9.88. The van der Waals surface area contributed by atoms with Crippen molar-refractivity contribution in [1.82, 2.24) is 15.0 Å². The van der Waals surface area contributed by atoms with Crippen LogP contribution in [0, 0.1) is 0 Å². The Kier molecular flexibility index (Phi) is 5.92. The maximum atomic E-state index is 13.9. The summed E-state index contributed by atoms with van der Waals surface area (Å²) in [6, 6.07) is 3.99. The summed E-state index contributed by atoms with van der Waals surface area (Å²) >= 11 is 0. The van der Waals surface area contributed by atoms with Crippen molar-refractivity contribution in [3.05, 3.63) is 59.0 Å². The van der Waals surface area contributed by atoms with Crippen molar-refractivity contribution in [2.75, 3.05) is 24.4 Å². The summed E-state index contributed by atoms with van der Waals surface area (Å²) < 4.78 is 124. The van der Waals surface area contributed by atoms with Gasteiger partial charge in [-0.15, -0.1) is 0 Å². The molecule has 0 saturated heterocycles. The van der Waals surface area contributed by atoms with Gasteiger partial charge in [-0.05, 0) is 24.3 Å². The molecule has 0 bridgehead atoms. The van der Waals surface area contributed by atoms with E-state index < -0.39 is 53.2 Å². The molecule has 1 atom stereocenters. The van der Waals surface area contributed by atoms with E-state index in [1.165, 1.54) is 11.9 Å². The number of nitrogens with one attached hydrogen (secondary N) is 1. The number of hydrogen-bond acceptors (Lipinski definition) is 6. The minimum atomic E-state index is -5.01. The maximum absolute atomic E-state index is 13.9. The van der Waals surface area contributed by atoms with Gasteiger partial charge in [0.15, 0.2) is 17.3 Å². The number of alkyl halides is 9. The van der Waals surface area contributed by atoms with Crippen LogP contribution in [0.2, 0.25) is 0 Å². The fraction of sp³-hybridized carbons (Fsp3) is 0.286. The number of ether oxygens (including phenoxy) is 1. The number of pyridine rings is 1. The van der Waals surface area contributed by atoms with Crippen molar-refractivity contribution in [2.24, 2.45) is 0 Å². The number of aromatic nitrogens is 3. The van der Waals surface area contributed by atoms with E-state index in [1.54, 1.807) is 0 Å². The molecule has 15 heteroatoms. The molecule has 0 saturated carbocycles. The van der Waals surface area contributed by atoms with Crippen LogP contribution in [0.15, 0.2) is 36.5 Å². The van der Waals surface area contributed by atoms with Crippen LogP contribution in [-0.4, -0.2) is 29.1 Å². The summed E-state index contributed by atoms with van der Waals surface area (Å²) in [5, 5.41) is 2.57. The third kappa shape index (κ3) is 4.56. The topological polar surface area (TPSA) is 63.2 Å². The molecule has 0 fully saturated rings. The highest BCUT2D eigenvalue weighted by Crippen LogP contribution is 2.48. The first kappa shape index (κ1) is 25.3. The number of methoxy groups -OCH3 is 1. The van der Waals surface area contributed by atoms with Gasteiger partial charge in [0.05, 0.1) is 12.7 Å². The van der Waals surface area contributed by atoms with Gasteiger partial charge in [-0.2, -0.15) is 39.5 Å². The van der Waals surface area contributed by atoms with Gasteiger partial charge < -0.3 is 15.0 Å². The molecule has 1 aromatic carbocycles. The van der Waals surface area contributed by atoms with E-state index in [-0.39, 0.29) is 22.7 Å². The molecule has 6 nitrogen and oxygen atoms in total. The summed E-state index contributed by atoms with van der Waals surface area (Å²) in [4.78, 5) is 12.0. The molecule has 2 aromatic heterocycles. The van der Waals surface area contributed by atoms with Gasteiger partial charge in [0.25, 0.3) is 0 Å². The highest BCUT2D eigenvalue weighted by atomic mass is 19.4. The van der Waals surface area contributed by atoms with Crippen LogP contribution in [0.4, 0.5) is 51.0 Å². The number of rotatable bonds is 3. The lowest BCUT2D eigenvalue weighted by atomic mass is 10.1. The summed E-state index contributed by atoms with van der Waals surface area (Å²) in [5.74, 6) is -1.06. The largest absolute Gasteiger partial charge is 0.496 e. The summed E-state index contributed by atoms with van der Waals surface area (Å²) in [6.45, 7) is 0. The van der Waals surface area contributed by atoms with Crippen LogP contribution < -0.4 is 15.0 Å². The number of nitrogens with zero attached hydrogens (tertiary/aromatic N) is 4. The molecular formula is C21H14F9N5O. The van der Waals surface area contributed by atoms with Crippen molar-refractivity contribution in [2.45, 2.75) is 24.7 Å². The van der Waals surface area contributed by atoms with E-state index in [1.807, 2.05) is 0 Å². The molecule has 1 aliphatic rings. The van der Waals surface area contributed by atoms with E-state index in [0.717, 1.165) is 25.3 Å². The van der Waals surface area contributed by atoms with E-state index in [0.29, 0.717) is 18.3 Å². The smallest absolute Gasteiger partial charge is 0.435 e. The van der Waals surface area contributed by atoms with Crippen LogP contribution in [0.1, 0.15) is 28.7 Å². The Hall–Kier alpha value is -3.78. The van der Waals surface area contributed by atoms with Gasteiger partial charge in [-0.25, -0.2) is 9.97 Å². The van der Waals surface area contributed by atoms with Crippen molar-refractivity contribution >= 4 is 11.5 Å². The molecule has 0 spiro atoms. The quantitative estimate of drug-likeness (QED) is 0.415. The second kappa shape index (κ2) is 8.41. The molecular weight excluding hydrogens is 509 g/mol. The molecule has 36 heavy (non-hydrogen) atoms. The Morgan fingerprint density at radius 3 is 2.11 bits per heavy atom. The highest BCUT2D eigenvalue weighted by Gasteiger charge is 2.43. The number of benzene rings is 1. The van der Waals surface area contributed by atoms with Crippen molar-refractivity contribution in [3.63, 3.8) is 0 Å². The Bertz CT molecular complexity index is 1290. The minimum Gasteiger partial charge on any atom is -0.496 e. The summed E-state index contributed by atoms with van der Waals surface area (Å²) in [6.07, 6.45) is -14.9. The normalized spacial score (nSPS) is 16.1. The lowest BCUT2D eigenvalue weighted by Crippen LogP contribution is -2.24. The Labute approximate surface area is 196 Å². The van der Waals surface area contributed by atoms with Gasteiger partial charge in [0.2, 0.25) is 0 Å². The van der Waals surface area contributed by atoms with Crippen molar-refractivity contribution in [3.8, 4) is 17.1 Å². The number of anilines is 2. The molecule has 0 amide bonds. The van der Waals surface area contributed by atoms with E-state index in [4.69, 9.17) is 4.74 Å². The zero-order valence-corrected chi connectivity index (χ0v) is 18.1. The molecule has 0 aliphatic carbocycles. The van der Waals surface area contributed by atoms with Crippen LogP contribution in [0.3, 0.4) is 0 Å². The zero-order chi connectivity index (χ0) is 26.6. The van der Waals surface area contributed by atoms with Gasteiger partial charge in [0, 0.05) is 24.4 Å². The molecule has 1 unspecified atom stereocenters. The fourth-order valence-electron chi connectivity index (χ4n) is 3.62. The number of fused-ring (bicyclic) bond motifs is 1. The number of halogens is 9. The molecule has 192 valence electrons. The Balaban J connectivity index is 1.80. The van der Waals surface area contributed by atoms with Gasteiger partial charge in [-0.3, -0.25) is 4.98 Å². The predicted octanol–water partition coefficient (Wildman–Crippen LogP) is 6.16. The molecule has 1 aliphatic heterocycles. The Morgan fingerprint density at radius 2 is 1.58 bits per heavy atom. The van der Waals surface area contributed by atoms with E-state index in [9.17, 15) is 39.5 Å². The SMILES string of the molecule is COc1cc(C(F)(F)F)ccc1C1Nc2c(nc(-c3ccc(C(F)(F)F)nc3)nc2C(F)(F)F)N1C. The third-order valence-electron chi connectivity index (χ3n) is 5.33.